The molecule has 0 bridgehead atoms. The third-order valence-electron chi connectivity index (χ3n) is 5.47. The molecule has 0 spiro atoms. The first-order valence-electron chi connectivity index (χ1n) is 9.67. The highest BCUT2D eigenvalue weighted by Crippen LogP contribution is 2.44. The van der Waals surface area contributed by atoms with Gasteiger partial charge in [0.2, 0.25) is 5.89 Å². The van der Waals surface area contributed by atoms with Crippen molar-refractivity contribution in [2.45, 2.75) is 31.6 Å². The summed E-state index contributed by atoms with van der Waals surface area (Å²) in [5, 5.41) is 0. The molecule has 0 aliphatic heterocycles. The van der Waals surface area contributed by atoms with E-state index in [9.17, 15) is 9.18 Å². The van der Waals surface area contributed by atoms with Crippen LogP contribution in [0.15, 0.2) is 57.4 Å². The van der Waals surface area contributed by atoms with Crippen LogP contribution in [-0.4, -0.2) is 18.1 Å². The van der Waals surface area contributed by atoms with E-state index < -0.39 is 0 Å². The smallest absolute Gasteiger partial charge is 0.309 e. The van der Waals surface area contributed by atoms with Gasteiger partial charge in [-0.1, -0.05) is 40.9 Å². The Balaban J connectivity index is 1.83. The lowest BCUT2D eigenvalue weighted by Gasteiger charge is -2.28. The number of hydrogen-bond donors (Lipinski definition) is 0. The molecule has 1 unspecified atom stereocenters. The van der Waals surface area contributed by atoms with E-state index in [1.165, 1.54) is 19.2 Å². The standard InChI is InChI=1S/C23H21BrFNO3/c1-28-23(27)19-5-3-2-4-18(19)21-20(14-6-10-16(24)11-7-14)26-22(29-21)15-8-12-17(25)13-9-15/h6-13,18-19H,2-5H2,1H3/t18-,19?/m1/s1. The minimum atomic E-state index is -0.313. The van der Waals surface area contributed by atoms with Gasteiger partial charge in [0.25, 0.3) is 0 Å². The van der Waals surface area contributed by atoms with Gasteiger partial charge in [0, 0.05) is 21.5 Å². The van der Waals surface area contributed by atoms with Crippen molar-refractivity contribution in [1.29, 1.82) is 0 Å². The molecule has 2 aromatic carbocycles. The molecule has 1 aromatic heterocycles. The number of hydrogen-bond acceptors (Lipinski definition) is 4. The fourth-order valence-electron chi connectivity index (χ4n) is 3.99. The lowest BCUT2D eigenvalue weighted by atomic mass is 9.77. The number of halogens is 2. The maximum atomic E-state index is 13.4. The van der Waals surface area contributed by atoms with Gasteiger partial charge in [-0.15, -0.1) is 0 Å². The van der Waals surface area contributed by atoms with Crippen LogP contribution in [0.25, 0.3) is 22.7 Å². The average Bonchev–Trinajstić information content (AvgIpc) is 3.19. The fourth-order valence-corrected chi connectivity index (χ4v) is 4.26. The Labute approximate surface area is 177 Å². The highest BCUT2D eigenvalue weighted by Gasteiger charge is 2.37. The first-order chi connectivity index (χ1) is 14.1. The van der Waals surface area contributed by atoms with Crippen LogP contribution in [0.1, 0.15) is 37.4 Å². The van der Waals surface area contributed by atoms with Crippen molar-refractivity contribution in [3.8, 4) is 22.7 Å². The Bertz CT molecular complexity index is 998. The third kappa shape index (κ3) is 4.13. The van der Waals surface area contributed by atoms with Crippen molar-refractivity contribution in [2.75, 3.05) is 7.11 Å². The van der Waals surface area contributed by atoms with Crippen LogP contribution in [0.3, 0.4) is 0 Å². The van der Waals surface area contributed by atoms with Crippen LogP contribution >= 0.6 is 15.9 Å². The summed E-state index contributed by atoms with van der Waals surface area (Å²) in [4.78, 5) is 17.2. The normalized spacial score (nSPS) is 19.1. The summed E-state index contributed by atoms with van der Waals surface area (Å²) in [5.41, 5.74) is 2.33. The first kappa shape index (κ1) is 19.8. The molecule has 29 heavy (non-hydrogen) atoms. The predicted octanol–water partition coefficient (Wildman–Crippen LogP) is 6.36. The summed E-state index contributed by atoms with van der Waals surface area (Å²) in [6, 6.07) is 13.9. The minimum Gasteiger partial charge on any atom is -0.469 e. The number of carbonyl (C=O) groups is 1. The van der Waals surface area contributed by atoms with Crippen molar-refractivity contribution in [3.63, 3.8) is 0 Å². The van der Waals surface area contributed by atoms with E-state index in [1.54, 1.807) is 12.1 Å². The van der Waals surface area contributed by atoms with Crippen molar-refractivity contribution in [3.05, 3.63) is 64.6 Å². The van der Waals surface area contributed by atoms with Gasteiger partial charge in [0.15, 0.2) is 0 Å². The van der Waals surface area contributed by atoms with Crippen LogP contribution in [0, 0.1) is 11.7 Å². The number of ether oxygens (including phenoxy) is 1. The number of rotatable bonds is 4. The monoisotopic (exact) mass is 457 g/mol. The van der Waals surface area contributed by atoms with Crippen molar-refractivity contribution in [2.24, 2.45) is 5.92 Å². The zero-order valence-corrected chi connectivity index (χ0v) is 17.6. The summed E-state index contributed by atoms with van der Waals surface area (Å²) >= 11 is 3.46. The fraction of sp³-hybridized carbons (Fsp3) is 0.304. The molecule has 4 nitrogen and oxygen atoms in total. The molecule has 4 rings (SSSR count). The number of carbonyl (C=O) groups excluding carboxylic acids is 1. The molecule has 1 saturated carbocycles. The molecule has 1 aliphatic rings. The maximum absolute atomic E-state index is 13.4. The van der Waals surface area contributed by atoms with Gasteiger partial charge < -0.3 is 9.15 Å². The molecule has 6 heteroatoms. The molecule has 3 aromatic rings. The minimum absolute atomic E-state index is 0.100. The lowest BCUT2D eigenvalue weighted by molar-refractivity contribution is -0.147. The molecule has 2 atom stereocenters. The molecule has 150 valence electrons. The molecule has 0 amide bonds. The lowest BCUT2D eigenvalue weighted by Crippen LogP contribution is -2.26. The molecule has 1 fully saturated rings. The molecule has 0 radical (unpaired) electrons. The van der Waals surface area contributed by atoms with Gasteiger partial charge in [0.1, 0.15) is 17.3 Å². The average molecular weight is 458 g/mol. The number of benzene rings is 2. The number of esters is 1. The second kappa shape index (κ2) is 8.49. The van der Waals surface area contributed by atoms with E-state index in [4.69, 9.17) is 14.1 Å². The van der Waals surface area contributed by atoms with Crippen molar-refractivity contribution < 1.29 is 18.3 Å². The zero-order valence-electron chi connectivity index (χ0n) is 16.0. The van der Waals surface area contributed by atoms with E-state index in [-0.39, 0.29) is 23.6 Å². The summed E-state index contributed by atoms with van der Waals surface area (Å²) < 4.78 is 25.6. The van der Waals surface area contributed by atoms with Gasteiger partial charge >= 0.3 is 5.97 Å². The Morgan fingerprint density at radius 3 is 2.41 bits per heavy atom. The van der Waals surface area contributed by atoms with Crippen LogP contribution < -0.4 is 0 Å². The Morgan fingerprint density at radius 1 is 1.07 bits per heavy atom. The van der Waals surface area contributed by atoms with E-state index in [2.05, 4.69) is 15.9 Å². The molecular formula is C23H21BrFNO3. The van der Waals surface area contributed by atoms with Gasteiger partial charge in [-0.25, -0.2) is 9.37 Å². The topological polar surface area (TPSA) is 52.3 Å². The molecule has 0 N–H and O–H groups in total. The van der Waals surface area contributed by atoms with Crippen molar-refractivity contribution in [1.82, 2.24) is 4.98 Å². The number of oxazole rings is 1. The Hall–Kier alpha value is -2.47. The summed E-state index contributed by atoms with van der Waals surface area (Å²) in [5.74, 6) is 0.241. The SMILES string of the molecule is COC(=O)C1CCCC[C@H]1c1oc(-c2ccc(F)cc2)nc1-c1ccc(Br)cc1. The predicted molar refractivity (Wildman–Crippen MR) is 112 cm³/mol. The number of aromatic nitrogens is 1. The molecular weight excluding hydrogens is 437 g/mol. The summed E-state index contributed by atoms with van der Waals surface area (Å²) in [7, 11) is 1.42. The largest absolute Gasteiger partial charge is 0.469 e. The Kier molecular flexibility index (Phi) is 5.81. The van der Waals surface area contributed by atoms with E-state index in [0.717, 1.165) is 41.4 Å². The van der Waals surface area contributed by atoms with Gasteiger partial charge in [-0.3, -0.25) is 4.79 Å². The second-order valence-corrected chi connectivity index (χ2v) is 8.18. The molecule has 1 aliphatic carbocycles. The number of nitrogens with zero attached hydrogens (tertiary/aromatic N) is 1. The van der Waals surface area contributed by atoms with E-state index >= 15 is 0 Å². The molecule has 1 heterocycles. The van der Waals surface area contributed by atoms with E-state index in [1.807, 2.05) is 24.3 Å². The highest BCUT2D eigenvalue weighted by molar-refractivity contribution is 9.10. The first-order valence-corrected chi connectivity index (χ1v) is 10.5. The second-order valence-electron chi connectivity index (χ2n) is 7.27. The van der Waals surface area contributed by atoms with Gasteiger partial charge in [0.05, 0.1) is 13.0 Å². The summed E-state index contributed by atoms with van der Waals surface area (Å²) in [6.45, 7) is 0. The number of methoxy groups -OCH3 is 1. The van der Waals surface area contributed by atoms with E-state index in [0.29, 0.717) is 17.2 Å². The summed E-state index contributed by atoms with van der Waals surface area (Å²) in [6.07, 6.45) is 3.61. The maximum Gasteiger partial charge on any atom is 0.309 e. The van der Waals surface area contributed by atoms with Crippen LogP contribution in [-0.2, 0) is 9.53 Å². The van der Waals surface area contributed by atoms with Crippen LogP contribution in [0.4, 0.5) is 4.39 Å². The zero-order chi connectivity index (χ0) is 20.4. The van der Waals surface area contributed by atoms with Gasteiger partial charge in [-0.05, 0) is 49.2 Å². The molecule has 0 saturated heterocycles. The van der Waals surface area contributed by atoms with Gasteiger partial charge in [-0.2, -0.15) is 0 Å². The Morgan fingerprint density at radius 2 is 1.72 bits per heavy atom. The van der Waals surface area contributed by atoms with Crippen molar-refractivity contribution >= 4 is 21.9 Å². The van der Waals surface area contributed by atoms with Crippen LogP contribution in [0.5, 0.6) is 0 Å². The quantitative estimate of drug-likeness (QED) is 0.427. The third-order valence-corrected chi connectivity index (χ3v) is 6.00. The highest BCUT2D eigenvalue weighted by atomic mass is 79.9. The van der Waals surface area contributed by atoms with Crippen LogP contribution in [0.2, 0.25) is 0 Å².